The molecular weight excluding hydrogens is 222 g/mol. The molecule has 1 heterocycles. The summed E-state index contributed by atoms with van der Waals surface area (Å²) in [5.41, 5.74) is -0.597. The smallest absolute Gasteiger partial charge is 0.343 e. The van der Waals surface area contributed by atoms with Gasteiger partial charge in [-0.1, -0.05) is 18.2 Å². The Morgan fingerprint density at radius 2 is 2.12 bits per heavy atom. The first kappa shape index (κ1) is 11.2. The molecule has 5 heteroatoms. The van der Waals surface area contributed by atoms with Crippen molar-refractivity contribution in [3.8, 4) is 0 Å². The molecule has 1 N–H and O–H groups in total. The van der Waals surface area contributed by atoms with Gasteiger partial charge >= 0.3 is 5.97 Å². The van der Waals surface area contributed by atoms with E-state index in [1.54, 1.807) is 31.2 Å². The summed E-state index contributed by atoms with van der Waals surface area (Å²) in [6.45, 7) is 1.83. The fourth-order valence-electron chi connectivity index (χ4n) is 1.60. The number of fused-ring (bicyclic) bond motifs is 1. The first-order chi connectivity index (χ1) is 8.15. The molecule has 0 spiro atoms. The van der Waals surface area contributed by atoms with Gasteiger partial charge in [0.1, 0.15) is 5.56 Å². The molecule has 2 aromatic rings. The van der Waals surface area contributed by atoms with Crippen LogP contribution < -0.4 is 5.56 Å². The first-order valence-corrected chi connectivity index (χ1v) is 5.16. The standard InChI is InChI=1S/C12H11NO4/c1-2-17-12(15)9-7-8-5-3-4-6-10(8)13(16)11(9)14/h3-7,16H,2H2,1H3. The van der Waals surface area contributed by atoms with E-state index >= 15 is 0 Å². The van der Waals surface area contributed by atoms with Crippen molar-refractivity contribution in [3.05, 3.63) is 46.2 Å². The van der Waals surface area contributed by atoms with E-state index < -0.39 is 11.5 Å². The maximum atomic E-state index is 11.7. The molecule has 0 radical (unpaired) electrons. The Morgan fingerprint density at radius 3 is 2.82 bits per heavy atom. The van der Waals surface area contributed by atoms with E-state index in [0.29, 0.717) is 15.6 Å². The largest absolute Gasteiger partial charge is 0.462 e. The van der Waals surface area contributed by atoms with Crippen LogP contribution in [0, 0.1) is 0 Å². The van der Waals surface area contributed by atoms with Crippen LogP contribution in [0.5, 0.6) is 0 Å². The monoisotopic (exact) mass is 233 g/mol. The quantitative estimate of drug-likeness (QED) is 0.629. The molecule has 0 amide bonds. The number of carbonyl (C=O) groups is 1. The van der Waals surface area contributed by atoms with Gasteiger partial charge in [-0.3, -0.25) is 4.79 Å². The summed E-state index contributed by atoms with van der Waals surface area (Å²) in [5.74, 6) is -0.731. The van der Waals surface area contributed by atoms with Gasteiger partial charge in [-0.05, 0) is 19.1 Å². The third kappa shape index (κ3) is 1.87. The third-order valence-corrected chi connectivity index (χ3v) is 2.38. The van der Waals surface area contributed by atoms with Crippen LogP contribution in [0.4, 0.5) is 0 Å². The van der Waals surface area contributed by atoms with Crippen molar-refractivity contribution in [1.82, 2.24) is 4.73 Å². The third-order valence-electron chi connectivity index (χ3n) is 2.38. The number of carbonyl (C=O) groups excluding carboxylic acids is 1. The van der Waals surface area contributed by atoms with Crippen molar-refractivity contribution >= 4 is 16.9 Å². The van der Waals surface area contributed by atoms with Gasteiger partial charge in [0.15, 0.2) is 0 Å². The molecule has 0 bridgehead atoms. The molecule has 0 unspecified atom stereocenters. The van der Waals surface area contributed by atoms with Crippen molar-refractivity contribution in [2.24, 2.45) is 0 Å². The second-order valence-corrected chi connectivity index (χ2v) is 3.45. The Kier molecular flexibility index (Phi) is 2.82. The topological polar surface area (TPSA) is 68.5 Å². The molecule has 0 saturated heterocycles. The number of hydrogen-bond acceptors (Lipinski definition) is 4. The van der Waals surface area contributed by atoms with Crippen molar-refractivity contribution in [2.45, 2.75) is 6.92 Å². The summed E-state index contributed by atoms with van der Waals surface area (Å²) in [5, 5.41) is 10.2. The zero-order valence-corrected chi connectivity index (χ0v) is 9.21. The normalized spacial score (nSPS) is 10.4. The highest BCUT2D eigenvalue weighted by Gasteiger charge is 2.15. The van der Waals surface area contributed by atoms with Crippen LogP contribution in [-0.4, -0.2) is 22.5 Å². The molecule has 17 heavy (non-hydrogen) atoms. The first-order valence-electron chi connectivity index (χ1n) is 5.16. The Balaban J connectivity index is 2.70. The molecule has 2 rings (SSSR count). The highest BCUT2D eigenvalue weighted by atomic mass is 16.5. The van der Waals surface area contributed by atoms with Crippen molar-refractivity contribution in [2.75, 3.05) is 6.61 Å². The SMILES string of the molecule is CCOC(=O)c1cc2ccccc2n(O)c1=O. The van der Waals surface area contributed by atoms with Gasteiger partial charge in [0.2, 0.25) is 0 Å². The summed E-state index contributed by atoms with van der Waals surface area (Å²) in [6, 6.07) is 8.15. The lowest BCUT2D eigenvalue weighted by Gasteiger charge is -2.06. The van der Waals surface area contributed by atoms with Gasteiger partial charge in [0.25, 0.3) is 5.56 Å². The molecule has 1 aromatic carbocycles. The molecule has 5 nitrogen and oxygen atoms in total. The van der Waals surface area contributed by atoms with Gasteiger partial charge < -0.3 is 9.94 Å². The van der Waals surface area contributed by atoms with Crippen LogP contribution >= 0.6 is 0 Å². The minimum absolute atomic E-state index is 0.173. The van der Waals surface area contributed by atoms with Crippen LogP contribution in [0.3, 0.4) is 0 Å². The lowest BCUT2D eigenvalue weighted by atomic mass is 10.1. The minimum atomic E-state index is -0.776. The number of benzene rings is 1. The van der Waals surface area contributed by atoms with E-state index in [1.165, 1.54) is 6.07 Å². The summed E-state index contributed by atoms with van der Waals surface area (Å²) in [6.07, 6.45) is 0. The zero-order chi connectivity index (χ0) is 12.4. The van der Waals surface area contributed by atoms with Gasteiger partial charge in [0, 0.05) is 5.39 Å². The lowest BCUT2D eigenvalue weighted by Crippen LogP contribution is -2.26. The van der Waals surface area contributed by atoms with E-state index in [2.05, 4.69) is 0 Å². The molecule has 0 aliphatic rings. The average Bonchev–Trinajstić information content (AvgIpc) is 2.34. The second-order valence-electron chi connectivity index (χ2n) is 3.45. The lowest BCUT2D eigenvalue weighted by molar-refractivity contribution is 0.0519. The van der Waals surface area contributed by atoms with Crippen LogP contribution in [0.1, 0.15) is 17.3 Å². The Bertz CT molecular complexity index is 630. The summed E-state index contributed by atoms with van der Waals surface area (Å²) < 4.78 is 5.21. The second kappa shape index (κ2) is 4.29. The predicted molar refractivity (Wildman–Crippen MR) is 61.3 cm³/mol. The molecule has 0 fully saturated rings. The molecule has 0 atom stereocenters. The van der Waals surface area contributed by atoms with E-state index in [1.807, 2.05) is 0 Å². The van der Waals surface area contributed by atoms with Crippen LogP contribution in [0.15, 0.2) is 35.1 Å². The summed E-state index contributed by atoms with van der Waals surface area (Å²) >= 11 is 0. The number of aromatic nitrogens is 1. The zero-order valence-electron chi connectivity index (χ0n) is 9.21. The maximum absolute atomic E-state index is 11.7. The van der Waals surface area contributed by atoms with E-state index in [-0.39, 0.29) is 12.2 Å². The molecule has 0 aliphatic heterocycles. The van der Waals surface area contributed by atoms with E-state index in [9.17, 15) is 14.8 Å². The summed E-state index contributed by atoms with van der Waals surface area (Å²) in [7, 11) is 0. The van der Waals surface area contributed by atoms with Crippen LogP contribution in [-0.2, 0) is 4.74 Å². The number of pyridine rings is 1. The molecule has 0 saturated carbocycles. The number of ether oxygens (including phenoxy) is 1. The van der Waals surface area contributed by atoms with Crippen molar-refractivity contribution in [1.29, 1.82) is 0 Å². The van der Waals surface area contributed by atoms with Crippen molar-refractivity contribution < 1.29 is 14.7 Å². The van der Waals surface area contributed by atoms with Crippen LogP contribution in [0.25, 0.3) is 10.9 Å². The minimum Gasteiger partial charge on any atom is -0.462 e. The summed E-state index contributed by atoms with van der Waals surface area (Å²) in [4.78, 5) is 23.2. The van der Waals surface area contributed by atoms with Gasteiger partial charge in [-0.15, -0.1) is 4.73 Å². The van der Waals surface area contributed by atoms with Crippen LogP contribution in [0.2, 0.25) is 0 Å². The number of rotatable bonds is 2. The van der Waals surface area contributed by atoms with Crippen molar-refractivity contribution in [3.63, 3.8) is 0 Å². The molecule has 0 aliphatic carbocycles. The fraction of sp³-hybridized carbons (Fsp3) is 0.167. The van der Waals surface area contributed by atoms with Gasteiger partial charge in [-0.2, -0.15) is 0 Å². The van der Waals surface area contributed by atoms with E-state index in [4.69, 9.17) is 4.74 Å². The van der Waals surface area contributed by atoms with Gasteiger partial charge in [-0.25, -0.2) is 4.79 Å². The molecular formula is C12H11NO4. The molecule has 88 valence electrons. The maximum Gasteiger partial charge on any atom is 0.343 e. The Labute approximate surface area is 96.8 Å². The highest BCUT2D eigenvalue weighted by Crippen LogP contribution is 2.12. The number of esters is 1. The Hall–Kier alpha value is -2.30. The number of hydrogen-bond donors (Lipinski definition) is 1. The number of nitrogens with zero attached hydrogens (tertiary/aromatic N) is 1. The molecule has 1 aromatic heterocycles. The predicted octanol–water partition coefficient (Wildman–Crippen LogP) is 1.42. The van der Waals surface area contributed by atoms with E-state index in [0.717, 1.165) is 0 Å². The Morgan fingerprint density at radius 1 is 1.41 bits per heavy atom. The van der Waals surface area contributed by atoms with Gasteiger partial charge in [0.05, 0.1) is 12.1 Å². The highest BCUT2D eigenvalue weighted by molar-refractivity contribution is 5.93. The fourth-order valence-corrected chi connectivity index (χ4v) is 1.60. The average molecular weight is 233 g/mol. The number of para-hydroxylation sites is 1.